The van der Waals surface area contributed by atoms with Crippen molar-refractivity contribution in [3.05, 3.63) is 28.3 Å². The molecule has 0 saturated carbocycles. The first-order chi connectivity index (χ1) is 9.37. The first kappa shape index (κ1) is 14.7. The van der Waals surface area contributed by atoms with Crippen LogP contribution < -0.4 is 11.3 Å². The number of benzene rings is 1. The molecule has 8 nitrogen and oxygen atoms in total. The van der Waals surface area contributed by atoms with Gasteiger partial charge in [-0.1, -0.05) is 0 Å². The van der Waals surface area contributed by atoms with Crippen LogP contribution >= 0.6 is 0 Å². The largest absolute Gasteiger partial charge is 0.324 e. The quantitative estimate of drug-likeness (QED) is 0.487. The molecule has 9 heteroatoms. The summed E-state index contributed by atoms with van der Waals surface area (Å²) in [7, 11) is -3.90. The lowest BCUT2D eigenvalue weighted by Gasteiger charge is -2.21. The fourth-order valence-corrected chi connectivity index (χ4v) is 4.24. The number of nitro groups is 1. The van der Waals surface area contributed by atoms with Gasteiger partial charge in [0.15, 0.2) is 4.90 Å². The van der Waals surface area contributed by atoms with Crippen molar-refractivity contribution in [3.8, 4) is 0 Å². The Kier molecular flexibility index (Phi) is 3.93. The predicted octanol–water partition coefficient (Wildman–Crippen LogP) is 1.05. The van der Waals surface area contributed by atoms with Crippen LogP contribution in [0.5, 0.6) is 0 Å². The van der Waals surface area contributed by atoms with Gasteiger partial charge in [0.2, 0.25) is 10.0 Å². The van der Waals surface area contributed by atoms with Gasteiger partial charge < -0.3 is 5.43 Å². The topological polar surface area (TPSA) is 119 Å². The number of rotatable bonds is 4. The molecule has 1 fully saturated rings. The van der Waals surface area contributed by atoms with Crippen molar-refractivity contribution in [2.24, 2.45) is 5.84 Å². The Labute approximate surface area is 116 Å². The lowest BCUT2D eigenvalue weighted by atomic mass is 10.3. The van der Waals surface area contributed by atoms with Crippen molar-refractivity contribution in [2.75, 3.05) is 12.0 Å². The number of nitrogens with zero attached hydrogens (tertiary/aromatic N) is 2. The minimum absolute atomic E-state index is 0.158. The molecular weight excluding hydrogens is 284 g/mol. The minimum atomic E-state index is -3.90. The van der Waals surface area contributed by atoms with Crippen molar-refractivity contribution in [1.82, 2.24) is 4.31 Å². The lowest BCUT2D eigenvalue weighted by molar-refractivity contribution is -0.387. The van der Waals surface area contributed by atoms with E-state index in [2.05, 4.69) is 5.43 Å². The molecule has 0 bridgehead atoms. The molecule has 0 amide bonds. The molecule has 1 heterocycles. The summed E-state index contributed by atoms with van der Waals surface area (Å²) in [6.07, 6.45) is 1.50. The molecule has 1 saturated heterocycles. The van der Waals surface area contributed by atoms with E-state index in [1.54, 1.807) is 6.92 Å². The molecule has 2 rings (SSSR count). The molecular formula is C11H16N4O4S. The third kappa shape index (κ3) is 2.47. The van der Waals surface area contributed by atoms with Crippen LogP contribution in [0.2, 0.25) is 0 Å². The number of hydrogen-bond acceptors (Lipinski definition) is 6. The van der Waals surface area contributed by atoms with Gasteiger partial charge in [0.1, 0.15) is 0 Å². The minimum Gasteiger partial charge on any atom is -0.324 e. The zero-order valence-corrected chi connectivity index (χ0v) is 11.8. The average molecular weight is 300 g/mol. The molecule has 20 heavy (non-hydrogen) atoms. The molecule has 3 N–H and O–H groups in total. The monoisotopic (exact) mass is 300 g/mol. The van der Waals surface area contributed by atoms with Crippen LogP contribution in [0.1, 0.15) is 19.8 Å². The van der Waals surface area contributed by atoms with Gasteiger partial charge in [0, 0.05) is 18.7 Å². The first-order valence-corrected chi connectivity index (χ1v) is 7.59. The molecule has 1 aromatic rings. The van der Waals surface area contributed by atoms with Crippen LogP contribution in [0.3, 0.4) is 0 Å². The predicted molar refractivity (Wildman–Crippen MR) is 73.5 cm³/mol. The van der Waals surface area contributed by atoms with E-state index in [0.29, 0.717) is 12.2 Å². The standard InChI is InChI=1S/C11H16N4O4S/c1-8-3-2-6-14(8)20(18,19)11-7-9(13-12)4-5-10(11)15(16)17/h4-5,7-8,13H,2-3,6,12H2,1H3. The number of sulfonamides is 1. The summed E-state index contributed by atoms with van der Waals surface area (Å²) in [4.78, 5) is 10.0. The number of nitrogens with one attached hydrogen (secondary N) is 1. The Balaban J connectivity index is 2.57. The van der Waals surface area contributed by atoms with E-state index in [1.807, 2.05) is 0 Å². The van der Waals surface area contributed by atoms with Gasteiger partial charge in [-0.2, -0.15) is 4.31 Å². The maximum Gasteiger partial charge on any atom is 0.289 e. The average Bonchev–Trinajstić information content (AvgIpc) is 2.84. The zero-order valence-electron chi connectivity index (χ0n) is 10.9. The van der Waals surface area contributed by atoms with Gasteiger partial charge >= 0.3 is 0 Å². The van der Waals surface area contributed by atoms with Crippen molar-refractivity contribution < 1.29 is 13.3 Å². The third-order valence-electron chi connectivity index (χ3n) is 3.40. The van der Waals surface area contributed by atoms with Gasteiger partial charge in [-0.05, 0) is 31.9 Å². The van der Waals surface area contributed by atoms with Gasteiger partial charge in [0.05, 0.1) is 10.6 Å². The molecule has 0 aliphatic carbocycles. The summed E-state index contributed by atoms with van der Waals surface area (Å²) in [6.45, 7) is 2.17. The van der Waals surface area contributed by atoms with E-state index in [0.717, 1.165) is 18.9 Å². The Hall–Kier alpha value is -1.71. The smallest absolute Gasteiger partial charge is 0.289 e. The van der Waals surface area contributed by atoms with Crippen LogP contribution in [0, 0.1) is 10.1 Å². The Bertz CT molecular complexity index is 631. The molecule has 0 spiro atoms. The Morgan fingerprint density at radius 1 is 1.50 bits per heavy atom. The van der Waals surface area contributed by atoms with Crippen LogP contribution in [0.25, 0.3) is 0 Å². The zero-order chi connectivity index (χ0) is 14.9. The van der Waals surface area contributed by atoms with Crippen molar-refractivity contribution >= 4 is 21.4 Å². The van der Waals surface area contributed by atoms with Crippen LogP contribution in [-0.2, 0) is 10.0 Å². The summed E-state index contributed by atoms with van der Waals surface area (Å²) in [5.74, 6) is 5.24. The highest BCUT2D eigenvalue weighted by Crippen LogP contribution is 2.32. The lowest BCUT2D eigenvalue weighted by Crippen LogP contribution is -2.34. The number of nitrogen functional groups attached to an aromatic ring is 1. The fourth-order valence-electron chi connectivity index (χ4n) is 2.35. The van der Waals surface area contributed by atoms with Crippen LogP contribution in [0.4, 0.5) is 11.4 Å². The maximum absolute atomic E-state index is 12.6. The van der Waals surface area contributed by atoms with E-state index >= 15 is 0 Å². The van der Waals surface area contributed by atoms with E-state index in [9.17, 15) is 18.5 Å². The third-order valence-corrected chi connectivity index (χ3v) is 5.44. The van der Waals surface area contributed by atoms with Crippen LogP contribution in [-0.4, -0.2) is 30.2 Å². The normalized spacial score (nSPS) is 20.0. The summed E-state index contributed by atoms with van der Waals surface area (Å²) >= 11 is 0. The molecule has 1 unspecified atom stereocenters. The summed E-state index contributed by atoms with van der Waals surface area (Å²) in [5.41, 5.74) is 2.17. The van der Waals surface area contributed by atoms with Crippen LogP contribution in [0.15, 0.2) is 23.1 Å². The second-order valence-corrected chi connectivity index (χ2v) is 6.55. The molecule has 1 atom stereocenters. The van der Waals surface area contributed by atoms with Gasteiger partial charge in [-0.25, -0.2) is 8.42 Å². The highest BCUT2D eigenvalue weighted by atomic mass is 32.2. The van der Waals surface area contributed by atoms with E-state index < -0.39 is 20.6 Å². The SMILES string of the molecule is CC1CCCN1S(=O)(=O)c1cc(NN)ccc1[N+](=O)[O-]. The van der Waals surface area contributed by atoms with Crippen molar-refractivity contribution in [2.45, 2.75) is 30.7 Å². The second-order valence-electron chi connectivity index (χ2n) is 4.69. The first-order valence-electron chi connectivity index (χ1n) is 6.15. The molecule has 0 radical (unpaired) electrons. The number of hydrazine groups is 1. The number of hydrogen-bond donors (Lipinski definition) is 2. The second kappa shape index (κ2) is 5.35. The Morgan fingerprint density at radius 3 is 2.70 bits per heavy atom. The number of nitro benzene ring substituents is 1. The molecule has 0 aromatic heterocycles. The number of anilines is 1. The van der Waals surface area contributed by atoms with E-state index in [1.165, 1.54) is 16.4 Å². The van der Waals surface area contributed by atoms with E-state index in [-0.39, 0.29) is 10.9 Å². The van der Waals surface area contributed by atoms with Crippen molar-refractivity contribution in [3.63, 3.8) is 0 Å². The summed E-state index contributed by atoms with van der Waals surface area (Å²) in [5, 5.41) is 11.0. The van der Waals surface area contributed by atoms with E-state index in [4.69, 9.17) is 5.84 Å². The van der Waals surface area contributed by atoms with Gasteiger partial charge in [-0.3, -0.25) is 16.0 Å². The molecule has 1 aliphatic heterocycles. The van der Waals surface area contributed by atoms with Gasteiger partial charge in [-0.15, -0.1) is 0 Å². The highest BCUT2D eigenvalue weighted by molar-refractivity contribution is 7.89. The maximum atomic E-state index is 12.6. The summed E-state index contributed by atoms with van der Waals surface area (Å²) in [6, 6.07) is 3.54. The van der Waals surface area contributed by atoms with Gasteiger partial charge in [0.25, 0.3) is 5.69 Å². The highest BCUT2D eigenvalue weighted by Gasteiger charge is 2.37. The number of nitrogens with two attached hydrogens (primary N) is 1. The molecule has 110 valence electrons. The molecule has 1 aliphatic rings. The Morgan fingerprint density at radius 2 is 2.20 bits per heavy atom. The summed E-state index contributed by atoms with van der Waals surface area (Å²) < 4.78 is 26.5. The molecule has 1 aromatic carbocycles. The fraction of sp³-hybridized carbons (Fsp3) is 0.455. The van der Waals surface area contributed by atoms with Crippen molar-refractivity contribution in [1.29, 1.82) is 0 Å².